The van der Waals surface area contributed by atoms with Crippen molar-refractivity contribution in [3.8, 4) is 0 Å². The molecule has 1 amide bonds. The van der Waals surface area contributed by atoms with Gasteiger partial charge >= 0.3 is 0 Å². The number of amides is 1. The number of carbonyl (C=O) groups is 1. The molecule has 8 heteroatoms. The number of nitrogens with zero attached hydrogens (tertiary/aromatic N) is 1. The Balaban J connectivity index is 1.90. The summed E-state index contributed by atoms with van der Waals surface area (Å²) in [4.78, 5) is 12.4. The average molecular weight is 411 g/mol. The molecule has 0 bridgehead atoms. The lowest BCUT2D eigenvalue weighted by atomic mass is 10.2. The molecule has 2 rings (SSSR count). The van der Waals surface area contributed by atoms with Gasteiger partial charge in [0, 0.05) is 11.6 Å². The summed E-state index contributed by atoms with van der Waals surface area (Å²) in [5.74, 6) is -0.404. The Morgan fingerprint density at radius 1 is 1.15 bits per heavy atom. The number of carbonyl (C=O) groups excluding carboxylic acids is 1. The number of sulfonamides is 1. The molecule has 0 aliphatic carbocycles. The van der Waals surface area contributed by atoms with Gasteiger partial charge in [0.15, 0.2) is 0 Å². The van der Waals surface area contributed by atoms with Crippen LogP contribution in [0.3, 0.4) is 0 Å². The lowest BCUT2D eigenvalue weighted by Gasteiger charge is -2.28. The van der Waals surface area contributed by atoms with Crippen molar-refractivity contribution in [2.75, 3.05) is 23.7 Å². The van der Waals surface area contributed by atoms with E-state index in [-0.39, 0.29) is 6.54 Å². The smallest absolute Gasteiger partial charge is 0.243 e. The van der Waals surface area contributed by atoms with Gasteiger partial charge in [-0.25, -0.2) is 8.42 Å². The zero-order valence-corrected chi connectivity index (χ0v) is 16.8. The zero-order chi connectivity index (χ0) is 19.9. The molecule has 1 atom stereocenters. The van der Waals surface area contributed by atoms with Crippen molar-refractivity contribution >= 4 is 33.2 Å². The van der Waals surface area contributed by atoms with Gasteiger partial charge in [0.1, 0.15) is 6.04 Å². The van der Waals surface area contributed by atoms with Crippen LogP contribution in [0.1, 0.15) is 12.5 Å². The van der Waals surface area contributed by atoms with E-state index in [1.54, 1.807) is 24.3 Å². The summed E-state index contributed by atoms with van der Waals surface area (Å²) in [6, 6.07) is 15.1. The third kappa shape index (κ3) is 6.53. The minimum Gasteiger partial charge on any atom is -0.375 e. The molecule has 0 fully saturated rings. The number of nitrogens with one attached hydrogen (secondary N) is 1. The summed E-state index contributed by atoms with van der Waals surface area (Å²) in [6.07, 6.45) is 1.06. The van der Waals surface area contributed by atoms with Gasteiger partial charge in [0.25, 0.3) is 0 Å². The van der Waals surface area contributed by atoms with Crippen molar-refractivity contribution in [1.82, 2.24) is 5.32 Å². The van der Waals surface area contributed by atoms with E-state index in [1.807, 2.05) is 30.3 Å². The number of benzene rings is 2. The third-order valence-corrected chi connectivity index (χ3v) is 5.32. The molecule has 0 saturated carbocycles. The van der Waals surface area contributed by atoms with Crippen LogP contribution >= 0.6 is 11.6 Å². The summed E-state index contributed by atoms with van der Waals surface area (Å²) in [5, 5.41) is 3.19. The second-order valence-electron chi connectivity index (χ2n) is 6.04. The van der Waals surface area contributed by atoms with E-state index in [1.165, 1.54) is 6.92 Å². The van der Waals surface area contributed by atoms with Gasteiger partial charge in [-0.2, -0.15) is 0 Å². The fourth-order valence-corrected chi connectivity index (χ4v) is 3.86. The third-order valence-electron chi connectivity index (χ3n) is 3.83. The summed E-state index contributed by atoms with van der Waals surface area (Å²) in [6.45, 7) is 2.60. The van der Waals surface area contributed by atoms with Gasteiger partial charge in [0.05, 0.1) is 25.2 Å². The molecular weight excluding hydrogens is 388 g/mol. The number of halogens is 1. The van der Waals surface area contributed by atoms with Gasteiger partial charge in [-0.05, 0) is 36.8 Å². The van der Waals surface area contributed by atoms with Crippen LogP contribution in [0.5, 0.6) is 0 Å². The fraction of sp³-hybridized carbons (Fsp3) is 0.316. The highest BCUT2D eigenvalue weighted by Gasteiger charge is 2.28. The Labute approximate surface area is 165 Å². The molecular formula is C19H23ClN2O4S. The summed E-state index contributed by atoms with van der Waals surface area (Å²) in [5.41, 5.74) is 1.42. The van der Waals surface area contributed by atoms with Crippen molar-refractivity contribution in [2.24, 2.45) is 0 Å². The fourth-order valence-electron chi connectivity index (χ4n) is 2.56. The normalized spacial score (nSPS) is 12.4. The lowest BCUT2D eigenvalue weighted by molar-refractivity contribution is -0.122. The summed E-state index contributed by atoms with van der Waals surface area (Å²) < 4.78 is 31.0. The Hall–Kier alpha value is -2.09. The van der Waals surface area contributed by atoms with Crippen LogP contribution in [0.15, 0.2) is 54.6 Å². The van der Waals surface area contributed by atoms with Crippen LogP contribution in [0, 0.1) is 0 Å². The van der Waals surface area contributed by atoms with Gasteiger partial charge in [0.2, 0.25) is 15.9 Å². The minimum atomic E-state index is -3.65. The first-order valence-corrected chi connectivity index (χ1v) is 10.7. The molecule has 0 heterocycles. The monoisotopic (exact) mass is 410 g/mol. The Bertz CT molecular complexity index is 842. The Morgan fingerprint density at radius 3 is 2.37 bits per heavy atom. The molecule has 0 saturated heterocycles. The number of ether oxygens (including phenoxy) is 1. The zero-order valence-electron chi connectivity index (χ0n) is 15.3. The SMILES string of the molecule is C[C@@H](C(=O)NCCOCc1ccccc1)N(c1ccc(Cl)cc1)S(C)(=O)=O. The molecule has 1 N–H and O–H groups in total. The molecule has 0 unspecified atom stereocenters. The number of hydrogen-bond donors (Lipinski definition) is 1. The minimum absolute atomic E-state index is 0.286. The first kappa shape index (κ1) is 21.2. The predicted octanol–water partition coefficient (Wildman–Crippen LogP) is 2.83. The van der Waals surface area contributed by atoms with Crippen LogP contribution < -0.4 is 9.62 Å². The van der Waals surface area contributed by atoms with Gasteiger partial charge in [-0.15, -0.1) is 0 Å². The van der Waals surface area contributed by atoms with Gasteiger partial charge < -0.3 is 10.1 Å². The van der Waals surface area contributed by atoms with E-state index in [0.717, 1.165) is 16.1 Å². The number of anilines is 1. The molecule has 2 aromatic rings. The van der Waals surface area contributed by atoms with Crippen LogP contribution in [0.2, 0.25) is 5.02 Å². The van der Waals surface area contributed by atoms with E-state index in [9.17, 15) is 13.2 Å². The molecule has 0 aliphatic heterocycles. The Kier molecular flexibility index (Phi) is 7.65. The number of rotatable bonds is 9. The van der Waals surface area contributed by atoms with E-state index >= 15 is 0 Å². The quantitative estimate of drug-likeness (QED) is 0.645. The lowest BCUT2D eigenvalue weighted by Crippen LogP contribution is -2.48. The molecule has 0 spiro atoms. The second kappa shape index (κ2) is 9.73. The molecule has 0 aromatic heterocycles. The maximum atomic E-state index is 12.4. The Morgan fingerprint density at radius 2 is 1.78 bits per heavy atom. The van der Waals surface area contributed by atoms with Crippen molar-refractivity contribution in [3.05, 3.63) is 65.2 Å². The first-order valence-electron chi connectivity index (χ1n) is 8.43. The van der Waals surface area contributed by atoms with Gasteiger partial charge in [-0.3, -0.25) is 9.10 Å². The highest BCUT2D eigenvalue weighted by molar-refractivity contribution is 7.92. The number of hydrogen-bond acceptors (Lipinski definition) is 4. The van der Waals surface area contributed by atoms with Crippen molar-refractivity contribution in [1.29, 1.82) is 0 Å². The predicted molar refractivity (Wildman–Crippen MR) is 107 cm³/mol. The summed E-state index contributed by atoms with van der Waals surface area (Å²) >= 11 is 5.85. The second-order valence-corrected chi connectivity index (χ2v) is 8.34. The molecule has 0 aliphatic rings. The van der Waals surface area contributed by atoms with Crippen LogP contribution in [-0.2, 0) is 26.2 Å². The first-order chi connectivity index (χ1) is 12.8. The van der Waals surface area contributed by atoms with Crippen LogP contribution in [-0.4, -0.2) is 39.8 Å². The maximum absolute atomic E-state index is 12.4. The largest absolute Gasteiger partial charge is 0.375 e. The van der Waals surface area contributed by atoms with E-state index in [4.69, 9.17) is 16.3 Å². The molecule has 27 heavy (non-hydrogen) atoms. The van der Waals surface area contributed by atoms with E-state index in [0.29, 0.717) is 23.9 Å². The van der Waals surface area contributed by atoms with Crippen LogP contribution in [0.25, 0.3) is 0 Å². The van der Waals surface area contributed by atoms with Crippen molar-refractivity contribution < 1.29 is 17.9 Å². The average Bonchev–Trinajstić information content (AvgIpc) is 2.62. The van der Waals surface area contributed by atoms with Gasteiger partial charge in [-0.1, -0.05) is 41.9 Å². The highest BCUT2D eigenvalue weighted by atomic mass is 35.5. The molecule has 0 radical (unpaired) electrons. The van der Waals surface area contributed by atoms with Crippen molar-refractivity contribution in [3.63, 3.8) is 0 Å². The molecule has 6 nitrogen and oxygen atoms in total. The molecule has 2 aromatic carbocycles. The topological polar surface area (TPSA) is 75.7 Å². The van der Waals surface area contributed by atoms with Crippen LogP contribution in [0.4, 0.5) is 5.69 Å². The maximum Gasteiger partial charge on any atom is 0.243 e. The standard InChI is InChI=1S/C19H23ClN2O4S/c1-15(22(27(2,24)25)18-10-8-17(20)9-11-18)19(23)21-12-13-26-14-16-6-4-3-5-7-16/h3-11,15H,12-14H2,1-2H3,(H,21,23)/t15-/m0/s1. The van der Waals surface area contributed by atoms with E-state index in [2.05, 4.69) is 5.32 Å². The van der Waals surface area contributed by atoms with Crippen molar-refractivity contribution in [2.45, 2.75) is 19.6 Å². The molecule has 146 valence electrons. The van der Waals surface area contributed by atoms with E-state index < -0.39 is 22.0 Å². The summed E-state index contributed by atoms with van der Waals surface area (Å²) in [7, 11) is -3.65. The highest BCUT2D eigenvalue weighted by Crippen LogP contribution is 2.22.